The van der Waals surface area contributed by atoms with Crippen molar-refractivity contribution >= 4 is 22.7 Å². The molecule has 1 N–H and O–H groups in total. The number of carbonyl (C=O) groups is 1. The Hall–Kier alpha value is -2.55. The zero-order chi connectivity index (χ0) is 14.0. The van der Waals surface area contributed by atoms with Gasteiger partial charge in [-0.15, -0.1) is 0 Å². The lowest BCUT2D eigenvalue weighted by Crippen LogP contribution is -2.31. The fourth-order valence-electron chi connectivity index (χ4n) is 1.83. The summed E-state index contributed by atoms with van der Waals surface area (Å²) in [7, 11) is 1.60. The lowest BCUT2D eigenvalue weighted by molar-refractivity contribution is -0.120. The highest BCUT2D eigenvalue weighted by atomic mass is 16.4. The lowest BCUT2D eigenvalue weighted by atomic mass is 10.1. The molecular formula is C13H13N3O3. The van der Waals surface area contributed by atoms with Crippen LogP contribution in [-0.4, -0.2) is 17.9 Å². The first-order valence-electron chi connectivity index (χ1n) is 5.87. The molecule has 6 heteroatoms. The van der Waals surface area contributed by atoms with Gasteiger partial charge in [-0.2, -0.15) is 5.26 Å². The molecule has 0 aliphatic heterocycles. The van der Waals surface area contributed by atoms with E-state index in [0.717, 1.165) is 0 Å². The topological polar surface area (TPSA) is 90.1 Å². The molecule has 0 aliphatic rings. The van der Waals surface area contributed by atoms with Gasteiger partial charge in [-0.1, -0.05) is 6.92 Å². The van der Waals surface area contributed by atoms with Gasteiger partial charge in [0.15, 0.2) is 5.58 Å². The predicted molar refractivity (Wildman–Crippen MR) is 69.6 cm³/mol. The van der Waals surface area contributed by atoms with Crippen LogP contribution in [0.15, 0.2) is 27.4 Å². The van der Waals surface area contributed by atoms with E-state index >= 15 is 0 Å². The van der Waals surface area contributed by atoms with Crippen LogP contribution in [-0.2, 0) is 4.79 Å². The molecule has 0 fully saturated rings. The number of nitriles is 1. The van der Waals surface area contributed by atoms with E-state index in [1.807, 2.05) is 6.07 Å². The van der Waals surface area contributed by atoms with Gasteiger partial charge in [0.05, 0.1) is 11.6 Å². The summed E-state index contributed by atoms with van der Waals surface area (Å²) in [5, 5.41) is 8.91. The third-order valence-electron chi connectivity index (χ3n) is 2.98. The summed E-state index contributed by atoms with van der Waals surface area (Å²) >= 11 is 0. The first kappa shape index (κ1) is 12.9. The van der Waals surface area contributed by atoms with Gasteiger partial charge in [0.25, 0.3) is 0 Å². The molecule has 19 heavy (non-hydrogen) atoms. The summed E-state index contributed by atoms with van der Waals surface area (Å²) < 4.78 is 4.89. The van der Waals surface area contributed by atoms with Gasteiger partial charge in [0.2, 0.25) is 5.91 Å². The lowest BCUT2D eigenvalue weighted by Gasteiger charge is -2.19. The van der Waals surface area contributed by atoms with Crippen molar-refractivity contribution in [2.75, 3.05) is 11.9 Å². The summed E-state index contributed by atoms with van der Waals surface area (Å²) in [5.74, 6) is -1.47. The van der Waals surface area contributed by atoms with Crippen LogP contribution in [0.3, 0.4) is 0 Å². The van der Waals surface area contributed by atoms with Crippen molar-refractivity contribution < 1.29 is 9.21 Å². The number of rotatable bonds is 3. The molecule has 1 amide bonds. The van der Waals surface area contributed by atoms with Crippen LogP contribution in [0.25, 0.3) is 11.1 Å². The van der Waals surface area contributed by atoms with Gasteiger partial charge in [0.1, 0.15) is 5.92 Å². The molecule has 98 valence electrons. The molecule has 0 saturated carbocycles. The number of fused-ring (bicyclic) bond motifs is 1. The van der Waals surface area contributed by atoms with Crippen molar-refractivity contribution in [3.05, 3.63) is 28.7 Å². The summed E-state index contributed by atoms with van der Waals surface area (Å²) in [6.07, 6.45) is 0.463. The van der Waals surface area contributed by atoms with E-state index < -0.39 is 11.7 Å². The summed E-state index contributed by atoms with van der Waals surface area (Å²) in [6, 6.07) is 6.90. The maximum Gasteiger partial charge on any atom is 0.417 e. The quantitative estimate of drug-likeness (QED) is 0.907. The third kappa shape index (κ3) is 2.36. The van der Waals surface area contributed by atoms with Crippen molar-refractivity contribution in [2.45, 2.75) is 13.3 Å². The molecule has 6 nitrogen and oxygen atoms in total. The van der Waals surface area contributed by atoms with Gasteiger partial charge < -0.3 is 9.32 Å². The molecule has 0 aliphatic carbocycles. The van der Waals surface area contributed by atoms with Crippen molar-refractivity contribution in [3.8, 4) is 6.07 Å². The number of nitrogens with one attached hydrogen (secondary N) is 1. The van der Waals surface area contributed by atoms with Crippen LogP contribution in [0.1, 0.15) is 13.3 Å². The zero-order valence-electron chi connectivity index (χ0n) is 10.6. The molecule has 1 heterocycles. The van der Waals surface area contributed by atoms with Crippen LogP contribution < -0.4 is 10.7 Å². The minimum Gasteiger partial charge on any atom is -0.408 e. The summed E-state index contributed by atoms with van der Waals surface area (Å²) in [6.45, 7) is 1.79. The number of oxazole rings is 1. The SMILES string of the molecule is CCC(C#N)C(=O)N(C)c1ccc2oc(=O)[nH]c2c1. The van der Waals surface area contributed by atoms with Crippen molar-refractivity contribution in [1.82, 2.24) is 4.98 Å². The Morgan fingerprint density at radius 2 is 2.32 bits per heavy atom. The van der Waals surface area contributed by atoms with Gasteiger partial charge in [-0.3, -0.25) is 9.78 Å². The molecule has 2 rings (SSSR count). The van der Waals surface area contributed by atoms with E-state index in [-0.39, 0.29) is 5.91 Å². The molecule has 1 atom stereocenters. The number of hydrogen-bond acceptors (Lipinski definition) is 4. The highest BCUT2D eigenvalue weighted by Crippen LogP contribution is 2.21. The van der Waals surface area contributed by atoms with Crippen LogP contribution in [0.5, 0.6) is 0 Å². The highest BCUT2D eigenvalue weighted by Gasteiger charge is 2.21. The number of carbonyl (C=O) groups excluding carboxylic acids is 1. The molecule has 2 aromatic rings. The predicted octanol–water partition coefficient (Wildman–Crippen LogP) is 1.63. The first-order chi connectivity index (χ1) is 9.06. The Balaban J connectivity index is 2.36. The van der Waals surface area contributed by atoms with E-state index in [1.54, 1.807) is 32.2 Å². The Kier molecular flexibility index (Phi) is 3.38. The van der Waals surface area contributed by atoms with Gasteiger partial charge >= 0.3 is 5.76 Å². The van der Waals surface area contributed by atoms with Crippen LogP contribution >= 0.6 is 0 Å². The Bertz CT molecular complexity index is 708. The molecule has 1 aromatic carbocycles. The summed E-state index contributed by atoms with van der Waals surface area (Å²) in [4.78, 5) is 27.0. The normalized spacial score (nSPS) is 12.1. The van der Waals surface area contributed by atoms with Crippen molar-refractivity contribution in [1.29, 1.82) is 5.26 Å². The van der Waals surface area contributed by atoms with Crippen molar-refractivity contribution in [3.63, 3.8) is 0 Å². The highest BCUT2D eigenvalue weighted by molar-refractivity contribution is 5.97. The number of nitrogens with zero attached hydrogens (tertiary/aromatic N) is 2. The molecule has 1 unspecified atom stereocenters. The number of amides is 1. The first-order valence-corrected chi connectivity index (χ1v) is 5.87. The Morgan fingerprint density at radius 1 is 1.58 bits per heavy atom. The van der Waals surface area contributed by atoms with E-state index in [9.17, 15) is 9.59 Å². The summed E-state index contributed by atoms with van der Waals surface area (Å²) in [5.41, 5.74) is 1.55. The minimum absolute atomic E-state index is 0.268. The number of benzene rings is 1. The zero-order valence-corrected chi connectivity index (χ0v) is 10.6. The molecule has 0 radical (unpaired) electrons. The second kappa shape index (κ2) is 4.98. The van der Waals surface area contributed by atoms with Crippen molar-refractivity contribution in [2.24, 2.45) is 5.92 Å². The maximum atomic E-state index is 12.1. The second-order valence-corrected chi connectivity index (χ2v) is 4.18. The fraction of sp³-hybridized carbons (Fsp3) is 0.308. The third-order valence-corrected chi connectivity index (χ3v) is 2.98. The Morgan fingerprint density at radius 3 is 2.95 bits per heavy atom. The number of aromatic nitrogens is 1. The van der Waals surface area contributed by atoms with Gasteiger partial charge in [-0.05, 0) is 24.6 Å². The average Bonchev–Trinajstić information content (AvgIpc) is 2.78. The molecule has 0 spiro atoms. The second-order valence-electron chi connectivity index (χ2n) is 4.18. The largest absolute Gasteiger partial charge is 0.417 e. The van der Waals surface area contributed by atoms with Crippen LogP contribution in [0, 0.1) is 17.2 Å². The monoisotopic (exact) mass is 259 g/mol. The number of aromatic amines is 1. The number of H-pyrrole nitrogens is 1. The fourth-order valence-corrected chi connectivity index (χ4v) is 1.83. The smallest absolute Gasteiger partial charge is 0.408 e. The molecule has 0 saturated heterocycles. The number of hydrogen-bond donors (Lipinski definition) is 1. The van der Waals surface area contributed by atoms with E-state index in [1.165, 1.54) is 4.90 Å². The van der Waals surface area contributed by atoms with Gasteiger partial charge in [0, 0.05) is 12.7 Å². The van der Waals surface area contributed by atoms with E-state index in [4.69, 9.17) is 9.68 Å². The van der Waals surface area contributed by atoms with Crippen LogP contribution in [0.2, 0.25) is 0 Å². The average molecular weight is 259 g/mol. The minimum atomic E-state index is -0.663. The standard InChI is InChI=1S/C13H13N3O3/c1-3-8(7-14)12(17)16(2)9-4-5-11-10(6-9)15-13(18)19-11/h4-6,8H,3H2,1-2H3,(H,15,18). The number of anilines is 1. The molecular weight excluding hydrogens is 246 g/mol. The van der Waals surface area contributed by atoms with Gasteiger partial charge in [-0.25, -0.2) is 4.79 Å². The van der Waals surface area contributed by atoms with E-state index in [2.05, 4.69) is 4.98 Å². The van der Waals surface area contributed by atoms with Crippen LogP contribution in [0.4, 0.5) is 5.69 Å². The Labute approximate surface area is 109 Å². The van der Waals surface area contributed by atoms with E-state index in [0.29, 0.717) is 23.2 Å². The molecule has 1 aromatic heterocycles. The maximum absolute atomic E-state index is 12.1. The molecule has 0 bridgehead atoms.